The highest BCUT2D eigenvalue weighted by Crippen LogP contribution is 2.25. The van der Waals surface area contributed by atoms with Gasteiger partial charge in [-0.3, -0.25) is 10.1 Å². The van der Waals surface area contributed by atoms with E-state index >= 15 is 0 Å². The normalized spacial score (nSPS) is 11.3. The van der Waals surface area contributed by atoms with Gasteiger partial charge in [-0.15, -0.1) is 0 Å². The molecule has 22 heavy (non-hydrogen) atoms. The molecule has 0 bridgehead atoms. The van der Waals surface area contributed by atoms with Crippen molar-refractivity contribution >= 4 is 33.9 Å². The van der Waals surface area contributed by atoms with Crippen molar-refractivity contribution in [2.75, 3.05) is 13.7 Å². The molecule has 2 amide bonds. The highest BCUT2D eigenvalue weighted by atomic mass is 79.9. The van der Waals surface area contributed by atoms with Crippen molar-refractivity contribution in [3.8, 4) is 5.75 Å². The molecular formula is C13H13BrFNO6. The van der Waals surface area contributed by atoms with Crippen LogP contribution in [0.25, 0.3) is 0 Å². The lowest BCUT2D eigenvalue weighted by Gasteiger charge is -2.13. The van der Waals surface area contributed by atoms with Gasteiger partial charge in [-0.05, 0) is 41.1 Å². The van der Waals surface area contributed by atoms with Gasteiger partial charge >= 0.3 is 12.1 Å². The molecular weight excluding hydrogens is 365 g/mol. The number of imide groups is 1. The van der Waals surface area contributed by atoms with Crippen molar-refractivity contribution in [1.29, 1.82) is 0 Å². The van der Waals surface area contributed by atoms with Crippen LogP contribution in [0.15, 0.2) is 22.7 Å². The largest absolute Gasteiger partial charge is 0.481 e. The second-order valence-electron chi connectivity index (χ2n) is 3.98. The molecule has 1 atom stereocenters. The Morgan fingerprint density at radius 2 is 2.05 bits per heavy atom. The van der Waals surface area contributed by atoms with Crippen molar-refractivity contribution in [2.24, 2.45) is 0 Å². The molecule has 0 aliphatic rings. The average molecular weight is 378 g/mol. The third-order valence-corrected chi connectivity index (χ3v) is 2.95. The summed E-state index contributed by atoms with van der Waals surface area (Å²) in [5.74, 6) is -1.88. The topological polar surface area (TPSA) is 90.9 Å². The van der Waals surface area contributed by atoms with E-state index in [0.717, 1.165) is 13.2 Å². The van der Waals surface area contributed by atoms with Gasteiger partial charge in [-0.25, -0.2) is 14.0 Å². The summed E-state index contributed by atoms with van der Waals surface area (Å²) in [6, 6.07) is 3.67. The molecule has 0 saturated heterocycles. The van der Waals surface area contributed by atoms with Crippen LogP contribution < -0.4 is 10.1 Å². The zero-order valence-electron chi connectivity index (χ0n) is 11.7. The first kappa shape index (κ1) is 17.9. The highest BCUT2D eigenvalue weighted by Gasteiger charge is 2.20. The molecule has 1 aromatic carbocycles. The van der Waals surface area contributed by atoms with E-state index in [4.69, 9.17) is 9.47 Å². The van der Waals surface area contributed by atoms with Gasteiger partial charge in [0.2, 0.25) is 0 Å². The van der Waals surface area contributed by atoms with Gasteiger partial charge in [0.05, 0.1) is 11.6 Å². The second-order valence-corrected chi connectivity index (χ2v) is 4.83. The molecule has 1 aromatic rings. The number of carbonyl (C=O) groups is 3. The molecule has 0 saturated carbocycles. The summed E-state index contributed by atoms with van der Waals surface area (Å²) in [5.41, 5.74) is 0. The molecule has 0 aliphatic heterocycles. The summed E-state index contributed by atoms with van der Waals surface area (Å²) in [4.78, 5) is 33.8. The fourth-order valence-electron chi connectivity index (χ4n) is 1.27. The van der Waals surface area contributed by atoms with Crippen LogP contribution in [0, 0.1) is 5.82 Å². The minimum Gasteiger partial charge on any atom is -0.481 e. The van der Waals surface area contributed by atoms with Gasteiger partial charge in [-0.2, -0.15) is 0 Å². The Morgan fingerprint density at radius 3 is 2.64 bits per heavy atom. The maximum atomic E-state index is 12.9. The summed E-state index contributed by atoms with van der Waals surface area (Å²) < 4.78 is 27.3. The maximum Gasteiger partial charge on any atom is 0.413 e. The van der Waals surface area contributed by atoms with E-state index in [2.05, 4.69) is 20.7 Å². The van der Waals surface area contributed by atoms with E-state index in [1.165, 1.54) is 19.1 Å². The number of hydrogen-bond acceptors (Lipinski definition) is 6. The SMILES string of the molecule is COC(=O)NC(=O)[C@H](C)OC(=O)COc1ccc(F)cc1Br. The van der Waals surface area contributed by atoms with Gasteiger partial charge in [0.25, 0.3) is 5.91 Å². The number of ether oxygens (including phenoxy) is 3. The van der Waals surface area contributed by atoms with E-state index in [-0.39, 0.29) is 5.75 Å². The molecule has 0 spiro atoms. The number of benzene rings is 1. The summed E-state index contributed by atoms with van der Waals surface area (Å²) in [6.07, 6.45) is -2.16. The Morgan fingerprint density at radius 1 is 1.36 bits per heavy atom. The van der Waals surface area contributed by atoms with Gasteiger partial charge in [-0.1, -0.05) is 0 Å². The first-order valence-electron chi connectivity index (χ1n) is 5.99. The number of hydrogen-bond donors (Lipinski definition) is 1. The zero-order chi connectivity index (χ0) is 16.7. The van der Waals surface area contributed by atoms with Crippen LogP contribution in [-0.4, -0.2) is 37.8 Å². The molecule has 0 unspecified atom stereocenters. The second kappa shape index (κ2) is 8.32. The standard InChI is InChI=1S/C13H13BrFNO6/c1-7(12(18)16-13(19)20-2)22-11(17)6-21-10-4-3-8(15)5-9(10)14/h3-5,7H,6H2,1-2H3,(H,16,18,19)/t7-/m0/s1. The van der Waals surface area contributed by atoms with Crippen LogP contribution in [0.5, 0.6) is 5.75 Å². The Hall–Kier alpha value is -2.16. The lowest BCUT2D eigenvalue weighted by Crippen LogP contribution is -2.40. The Kier molecular flexibility index (Phi) is 6.77. The van der Waals surface area contributed by atoms with Crippen LogP contribution in [0.3, 0.4) is 0 Å². The third-order valence-electron chi connectivity index (χ3n) is 2.33. The quantitative estimate of drug-likeness (QED) is 0.786. The lowest BCUT2D eigenvalue weighted by atomic mass is 10.3. The van der Waals surface area contributed by atoms with Gasteiger partial charge in [0.15, 0.2) is 12.7 Å². The molecule has 120 valence electrons. The first-order valence-corrected chi connectivity index (χ1v) is 6.79. The van der Waals surface area contributed by atoms with Crippen molar-refractivity contribution in [3.05, 3.63) is 28.5 Å². The molecule has 1 rings (SSSR count). The van der Waals surface area contributed by atoms with Crippen molar-refractivity contribution < 1.29 is 33.0 Å². The minimum atomic E-state index is -1.20. The molecule has 0 aliphatic carbocycles. The Bertz CT molecular complexity index is 580. The summed E-state index contributed by atoms with van der Waals surface area (Å²) >= 11 is 3.07. The zero-order valence-corrected chi connectivity index (χ0v) is 13.3. The van der Waals surface area contributed by atoms with Crippen LogP contribution in [0.1, 0.15) is 6.92 Å². The van der Waals surface area contributed by atoms with E-state index in [0.29, 0.717) is 4.47 Å². The number of rotatable bonds is 5. The first-order chi connectivity index (χ1) is 10.3. The average Bonchev–Trinajstić information content (AvgIpc) is 2.45. The lowest BCUT2D eigenvalue weighted by molar-refractivity contribution is -0.156. The predicted molar refractivity (Wildman–Crippen MR) is 75.7 cm³/mol. The van der Waals surface area contributed by atoms with Gasteiger partial charge in [0.1, 0.15) is 11.6 Å². The van der Waals surface area contributed by atoms with E-state index in [9.17, 15) is 18.8 Å². The molecule has 9 heteroatoms. The molecule has 0 heterocycles. The maximum absolute atomic E-state index is 12.9. The van der Waals surface area contributed by atoms with Crippen LogP contribution in [-0.2, 0) is 19.1 Å². The summed E-state index contributed by atoms with van der Waals surface area (Å²) in [7, 11) is 1.09. The highest BCUT2D eigenvalue weighted by molar-refractivity contribution is 9.10. The smallest absolute Gasteiger partial charge is 0.413 e. The fourth-order valence-corrected chi connectivity index (χ4v) is 1.73. The van der Waals surface area contributed by atoms with E-state index in [1.54, 1.807) is 0 Å². The molecule has 7 nitrogen and oxygen atoms in total. The Labute approximate surface area is 133 Å². The number of esters is 1. The van der Waals surface area contributed by atoms with Crippen molar-refractivity contribution in [1.82, 2.24) is 5.32 Å². The van der Waals surface area contributed by atoms with E-state index < -0.39 is 36.5 Å². The fraction of sp³-hybridized carbons (Fsp3) is 0.308. The van der Waals surface area contributed by atoms with Crippen LogP contribution in [0.4, 0.5) is 9.18 Å². The monoisotopic (exact) mass is 377 g/mol. The minimum absolute atomic E-state index is 0.241. The summed E-state index contributed by atoms with van der Waals surface area (Å²) in [6.45, 7) is 0.796. The van der Waals surface area contributed by atoms with E-state index in [1.807, 2.05) is 5.32 Å². The molecule has 0 fully saturated rings. The van der Waals surface area contributed by atoms with Crippen molar-refractivity contribution in [3.63, 3.8) is 0 Å². The number of methoxy groups -OCH3 is 1. The van der Waals surface area contributed by atoms with Crippen LogP contribution >= 0.6 is 15.9 Å². The molecule has 1 N–H and O–H groups in total. The number of alkyl carbamates (subject to hydrolysis) is 1. The molecule has 0 aromatic heterocycles. The number of halogens is 2. The van der Waals surface area contributed by atoms with Gasteiger partial charge < -0.3 is 14.2 Å². The third kappa shape index (κ3) is 5.68. The number of nitrogens with one attached hydrogen (secondary N) is 1. The molecule has 0 radical (unpaired) electrons. The van der Waals surface area contributed by atoms with Gasteiger partial charge in [0, 0.05) is 0 Å². The van der Waals surface area contributed by atoms with Crippen LogP contribution in [0.2, 0.25) is 0 Å². The Balaban J connectivity index is 2.45. The van der Waals surface area contributed by atoms with Crippen molar-refractivity contribution in [2.45, 2.75) is 13.0 Å². The number of amides is 2. The number of carbonyl (C=O) groups excluding carboxylic acids is 3. The summed E-state index contributed by atoms with van der Waals surface area (Å²) in [5, 5.41) is 1.86. The predicted octanol–water partition coefficient (Wildman–Crippen LogP) is 1.78.